The number of aromatic nitrogens is 1. The molecule has 3 N–H and O–H groups in total. The van der Waals surface area contributed by atoms with Gasteiger partial charge in [0.1, 0.15) is 5.69 Å². The van der Waals surface area contributed by atoms with Gasteiger partial charge in [-0.1, -0.05) is 19.1 Å². The predicted molar refractivity (Wildman–Crippen MR) is 110 cm³/mol. The third kappa shape index (κ3) is 4.50. The highest BCUT2D eigenvalue weighted by atomic mass is 16.5. The number of carbonyl (C=O) groups is 3. The van der Waals surface area contributed by atoms with E-state index in [1.54, 1.807) is 6.92 Å². The number of nitrogens with one attached hydrogen (secondary N) is 3. The molecule has 1 atom stereocenters. The summed E-state index contributed by atoms with van der Waals surface area (Å²) >= 11 is 0. The first kappa shape index (κ1) is 20.6. The minimum atomic E-state index is -0.452. The third-order valence-corrected chi connectivity index (χ3v) is 5.27. The minimum absolute atomic E-state index is 0.0643. The van der Waals surface area contributed by atoms with E-state index in [1.807, 2.05) is 38.1 Å². The number of H-pyrrole nitrogens is 1. The number of hydrogen-bond acceptors (Lipinski definition) is 4. The van der Waals surface area contributed by atoms with Gasteiger partial charge in [-0.2, -0.15) is 0 Å². The van der Waals surface area contributed by atoms with Crippen molar-refractivity contribution in [2.24, 2.45) is 5.92 Å². The zero-order valence-corrected chi connectivity index (χ0v) is 17.2. The molecule has 0 bridgehead atoms. The summed E-state index contributed by atoms with van der Waals surface area (Å²) in [4.78, 5) is 39.7. The lowest BCUT2D eigenvalue weighted by Crippen LogP contribution is -2.27. The minimum Gasteiger partial charge on any atom is -0.465 e. The molecule has 29 heavy (non-hydrogen) atoms. The molecule has 1 heterocycles. The molecule has 7 nitrogen and oxygen atoms in total. The molecule has 1 aliphatic carbocycles. The fourth-order valence-electron chi connectivity index (χ4n) is 3.33. The van der Waals surface area contributed by atoms with Crippen molar-refractivity contribution in [2.75, 3.05) is 12.4 Å². The Labute approximate surface area is 170 Å². The number of methoxy groups -OCH3 is 1. The van der Waals surface area contributed by atoms with E-state index in [4.69, 9.17) is 4.74 Å². The summed E-state index contributed by atoms with van der Waals surface area (Å²) in [6.45, 7) is 5.53. The van der Waals surface area contributed by atoms with Crippen LogP contribution < -0.4 is 10.6 Å². The first-order valence-electron chi connectivity index (χ1n) is 9.87. The van der Waals surface area contributed by atoms with Crippen molar-refractivity contribution in [1.82, 2.24) is 10.3 Å². The summed E-state index contributed by atoms with van der Waals surface area (Å²) in [6.07, 6.45) is 2.51. The molecule has 2 aromatic rings. The van der Waals surface area contributed by atoms with Crippen LogP contribution in [-0.4, -0.2) is 29.9 Å². The summed E-state index contributed by atoms with van der Waals surface area (Å²) in [5.74, 6) is -0.522. The number of amides is 2. The van der Waals surface area contributed by atoms with E-state index in [0.717, 1.165) is 24.1 Å². The topological polar surface area (TPSA) is 100 Å². The van der Waals surface area contributed by atoms with Gasteiger partial charge < -0.3 is 20.4 Å². The number of hydrogen-bond donors (Lipinski definition) is 3. The lowest BCUT2D eigenvalue weighted by atomic mass is 10.1. The molecule has 0 radical (unpaired) electrons. The SMILES string of the molecule is CCc1[nH]c(C(=O)NC(C)c2ccc(NC(=O)C3CC3)cc2)c(C)c1C(=O)OC. The van der Waals surface area contributed by atoms with Gasteiger partial charge in [-0.25, -0.2) is 4.79 Å². The summed E-state index contributed by atoms with van der Waals surface area (Å²) in [6, 6.07) is 7.19. The molecule has 1 aromatic heterocycles. The van der Waals surface area contributed by atoms with Crippen LogP contribution in [0, 0.1) is 12.8 Å². The van der Waals surface area contributed by atoms with E-state index in [1.165, 1.54) is 7.11 Å². The van der Waals surface area contributed by atoms with E-state index >= 15 is 0 Å². The summed E-state index contributed by atoms with van der Waals surface area (Å²) in [7, 11) is 1.33. The summed E-state index contributed by atoms with van der Waals surface area (Å²) in [5, 5.41) is 5.85. The average molecular weight is 397 g/mol. The quantitative estimate of drug-likeness (QED) is 0.623. The zero-order chi connectivity index (χ0) is 21.1. The number of aromatic amines is 1. The Morgan fingerprint density at radius 3 is 2.41 bits per heavy atom. The number of carbonyl (C=O) groups excluding carboxylic acids is 3. The highest BCUT2D eigenvalue weighted by molar-refractivity contribution is 6.00. The Bertz CT molecular complexity index is 926. The molecule has 0 aliphatic heterocycles. The largest absolute Gasteiger partial charge is 0.465 e. The normalized spacial score (nSPS) is 14.2. The molecule has 2 amide bonds. The second kappa shape index (κ2) is 8.51. The fraction of sp³-hybridized carbons (Fsp3) is 0.409. The first-order chi connectivity index (χ1) is 13.8. The van der Waals surface area contributed by atoms with Crippen molar-refractivity contribution in [3.63, 3.8) is 0 Å². The van der Waals surface area contributed by atoms with Crippen molar-refractivity contribution in [2.45, 2.75) is 46.1 Å². The number of benzene rings is 1. The van der Waals surface area contributed by atoms with Crippen LogP contribution in [0.5, 0.6) is 0 Å². The van der Waals surface area contributed by atoms with E-state index in [9.17, 15) is 14.4 Å². The van der Waals surface area contributed by atoms with Crippen molar-refractivity contribution in [3.8, 4) is 0 Å². The molecule has 1 aliphatic rings. The van der Waals surface area contributed by atoms with Gasteiger partial charge in [-0.15, -0.1) is 0 Å². The van der Waals surface area contributed by atoms with Crippen molar-refractivity contribution >= 4 is 23.5 Å². The first-order valence-corrected chi connectivity index (χ1v) is 9.87. The molecule has 1 aromatic carbocycles. The molecule has 1 saturated carbocycles. The maximum absolute atomic E-state index is 12.8. The Balaban J connectivity index is 1.69. The van der Waals surface area contributed by atoms with Crippen LogP contribution in [-0.2, 0) is 16.0 Å². The van der Waals surface area contributed by atoms with Gasteiger partial charge in [0.2, 0.25) is 5.91 Å². The molecular formula is C22H27N3O4. The molecule has 1 fully saturated rings. The van der Waals surface area contributed by atoms with E-state index in [2.05, 4.69) is 15.6 Å². The van der Waals surface area contributed by atoms with Crippen LogP contribution >= 0.6 is 0 Å². The van der Waals surface area contributed by atoms with Gasteiger partial charge in [-0.3, -0.25) is 9.59 Å². The highest BCUT2D eigenvalue weighted by Gasteiger charge is 2.29. The van der Waals surface area contributed by atoms with Crippen LogP contribution in [0.2, 0.25) is 0 Å². The number of anilines is 1. The Morgan fingerprint density at radius 1 is 1.21 bits per heavy atom. The molecule has 0 spiro atoms. The standard InChI is InChI=1S/C22H27N3O4/c1-5-17-18(22(28)29-4)12(2)19(25-17)21(27)23-13(3)14-8-10-16(11-9-14)24-20(26)15-6-7-15/h8-11,13,15,25H,5-7H2,1-4H3,(H,23,27)(H,24,26). The maximum Gasteiger partial charge on any atom is 0.339 e. The van der Waals surface area contributed by atoms with E-state index < -0.39 is 5.97 Å². The van der Waals surface area contributed by atoms with Gasteiger partial charge in [0, 0.05) is 17.3 Å². The molecule has 3 rings (SSSR count). The van der Waals surface area contributed by atoms with Gasteiger partial charge in [0.15, 0.2) is 0 Å². The molecule has 7 heteroatoms. The van der Waals surface area contributed by atoms with Crippen molar-refractivity contribution < 1.29 is 19.1 Å². The second-order valence-corrected chi connectivity index (χ2v) is 7.40. The van der Waals surface area contributed by atoms with Gasteiger partial charge in [0.25, 0.3) is 5.91 Å². The predicted octanol–water partition coefficient (Wildman–Crippen LogP) is 3.51. The summed E-state index contributed by atoms with van der Waals surface area (Å²) < 4.78 is 4.84. The Kier molecular flexibility index (Phi) is 6.06. The van der Waals surface area contributed by atoms with Crippen LogP contribution in [0.25, 0.3) is 0 Å². The van der Waals surface area contributed by atoms with E-state index in [0.29, 0.717) is 28.9 Å². The Morgan fingerprint density at radius 2 is 1.86 bits per heavy atom. The molecule has 154 valence electrons. The third-order valence-electron chi connectivity index (χ3n) is 5.27. The molecule has 1 unspecified atom stereocenters. The number of esters is 1. The van der Waals surface area contributed by atoms with Crippen molar-refractivity contribution in [1.29, 1.82) is 0 Å². The van der Waals surface area contributed by atoms with Crippen LogP contribution in [0.4, 0.5) is 5.69 Å². The van der Waals surface area contributed by atoms with Gasteiger partial charge in [0.05, 0.1) is 18.7 Å². The smallest absolute Gasteiger partial charge is 0.339 e. The summed E-state index contributed by atoms with van der Waals surface area (Å²) in [5.41, 5.74) is 3.71. The molecular weight excluding hydrogens is 370 g/mol. The van der Waals surface area contributed by atoms with Crippen LogP contribution in [0.3, 0.4) is 0 Å². The number of rotatable bonds is 7. The fourth-order valence-corrected chi connectivity index (χ4v) is 3.33. The number of ether oxygens (including phenoxy) is 1. The van der Waals surface area contributed by atoms with Gasteiger partial charge in [-0.05, 0) is 56.4 Å². The second-order valence-electron chi connectivity index (χ2n) is 7.40. The van der Waals surface area contributed by atoms with Crippen molar-refractivity contribution in [3.05, 3.63) is 52.3 Å². The Hall–Kier alpha value is -3.09. The zero-order valence-electron chi connectivity index (χ0n) is 17.2. The monoisotopic (exact) mass is 397 g/mol. The lowest BCUT2D eigenvalue weighted by Gasteiger charge is -2.15. The van der Waals surface area contributed by atoms with Crippen LogP contribution in [0.15, 0.2) is 24.3 Å². The van der Waals surface area contributed by atoms with Crippen LogP contribution in [0.1, 0.15) is 70.4 Å². The maximum atomic E-state index is 12.8. The average Bonchev–Trinajstić information content (AvgIpc) is 3.51. The number of aryl methyl sites for hydroxylation is 1. The van der Waals surface area contributed by atoms with Gasteiger partial charge >= 0.3 is 5.97 Å². The molecule has 0 saturated heterocycles. The van der Waals surface area contributed by atoms with E-state index in [-0.39, 0.29) is 23.8 Å². The highest BCUT2D eigenvalue weighted by Crippen LogP contribution is 2.30. The lowest BCUT2D eigenvalue weighted by molar-refractivity contribution is -0.117.